The smallest absolute Gasteiger partial charge is 0.317 e. The van der Waals surface area contributed by atoms with Crippen LogP contribution in [0.1, 0.15) is 18.1 Å². The van der Waals surface area contributed by atoms with Crippen LogP contribution in [0.3, 0.4) is 0 Å². The molecule has 122 valence electrons. The summed E-state index contributed by atoms with van der Waals surface area (Å²) in [4.78, 5) is 13.1. The van der Waals surface area contributed by atoms with Gasteiger partial charge in [0.25, 0.3) is 5.92 Å². The van der Waals surface area contributed by atoms with Crippen LogP contribution in [0.5, 0.6) is 0 Å². The molecule has 22 heavy (non-hydrogen) atoms. The Hall–Kier alpha value is -1.77. The number of nitrogens with zero attached hydrogens (tertiary/aromatic N) is 4. The number of amides is 2. The van der Waals surface area contributed by atoms with Gasteiger partial charge in [-0.3, -0.25) is 0 Å². The van der Waals surface area contributed by atoms with Gasteiger partial charge in [-0.1, -0.05) is 0 Å². The molecular formula is C13H19F2N5O2. The number of aromatic nitrogens is 3. The van der Waals surface area contributed by atoms with Crippen molar-refractivity contribution < 1.29 is 18.3 Å². The van der Waals surface area contributed by atoms with Gasteiger partial charge in [0.2, 0.25) is 0 Å². The van der Waals surface area contributed by atoms with Crippen molar-refractivity contribution in [2.75, 3.05) is 32.8 Å². The van der Waals surface area contributed by atoms with Gasteiger partial charge in [-0.25, -0.2) is 13.6 Å². The molecule has 0 saturated carbocycles. The number of halogens is 2. The van der Waals surface area contributed by atoms with Crippen LogP contribution in [0.4, 0.5) is 13.6 Å². The standard InChI is InChI=1S/C13H19F2N5O2/c14-13(15)8-19(6-7-22-9-13)12(21)16-4-3-11-18-17-10-2-1-5-20(10)11/h1-9H2,(H,16,21). The van der Waals surface area contributed by atoms with E-state index in [0.717, 1.165) is 35.9 Å². The maximum absolute atomic E-state index is 13.4. The van der Waals surface area contributed by atoms with E-state index in [2.05, 4.69) is 20.1 Å². The highest BCUT2D eigenvalue weighted by Gasteiger charge is 2.36. The van der Waals surface area contributed by atoms with Crippen molar-refractivity contribution in [2.45, 2.75) is 31.7 Å². The molecule has 0 atom stereocenters. The van der Waals surface area contributed by atoms with Gasteiger partial charge in [-0.2, -0.15) is 0 Å². The number of urea groups is 1. The summed E-state index contributed by atoms with van der Waals surface area (Å²) in [6.07, 6.45) is 2.54. The first-order valence-electron chi connectivity index (χ1n) is 7.44. The van der Waals surface area contributed by atoms with Gasteiger partial charge in [-0.05, 0) is 6.42 Å². The molecule has 9 heteroatoms. The van der Waals surface area contributed by atoms with Gasteiger partial charge >= 0.3 is 6.03 Å². The lowest BCUT2D eigenvalue weighted by Gasteiger charge is -2.23. The number of carbonyl (C=O) groups is 1. The van der Waals surface area contributed by atoms with Crippen LogP contribution >= 0.6 is 0 Å². The molecule has 0 aliphatic carbocycles. The van der Waals surface area contributed by atoms with Crippen molar-refractivity contribution in [1.82, 2.24) is 25.0 Å². The number of nitrogens with one attached hydrogen (secondary N) is 1. The summed E-state index contributed by atoms with van der Waals surface area (Å²) in [5.74, 6) is -1.19. The largest absolute Gasteiger partial charge is 0.373 e. The zero-order valence-corrected chi connectivity index (χ0v) is 12.2. The summed E-state index contributed by atoms with van der Waals surface area (Å²) in [5, 5.41) is 10.8. The first-order chi connectivity index (χ1) is 10.6. The molecule has 0 bridgehead atoms. The first-order valence-corrected chi connectivity index (χ1v) is 7.44. The molecule has 0 unspecified atom stereocenters. The molecule has 3 heterocycles. The fourth-order valence-electron chi connectivity index (χ4n) is 2.76. The SMILES string of the molecule is O=C(NCCc1nnc2n1CCC2)N1CCOCC(F)(F)C1. The fourth-order valence-corrected chi connectivity index (χ4v) is 2.76. The lowest BCUT2D eigenvalue weighted by molar-refractivity contribution is -0.0652. The molecule has 1 aromatic rings. The fraction of sp³-hybridized carbons (Fsp3) is 0.769. The Balaban J connectivity index is 1.49. The highest BCUT2D eigenvalue weighted by Crippen LogP contribution is 2.18. The Morgan fingerprint density at radius 3 is 3.09 bits per heavy atom. The van der Waals surface area contributed by atoms with Crippen LogP contribution < -0.4 is 5.32 Å². The highest BCUT2D eigenvalue weighted by atomic mass is 19.3. The molecule has 1 aromatic heterocycles. The van der Waals surface area contributed by atoms with E-state index in [1.807, 2.05) is 0 Å². The van der Waals surface area contributed by atoms with Crippen LogP contribution in [-0.4, -0.2) is 64.5 Å². The Labute approximate surface area is 126 Å². The lowest BCUT2D eigenvalue weighted by atomic mass is 10.3. The number of ether oxygens (including phenoxy) is 1. The molecule has 3 rings (SSSR count). The number of hydrogen-bond acceptors (Lipinski definition) is 4. The third kappa shape index (κ3) is 3.34. The number of rotatable bonds is 3. The van der Waals surface area contributed by atoms with Crippen LogP contribution in [0.25, 0.3) is 0 Å². The lowest BCUT2D eigenvalue weighted by Crippen LogP contribution is -2.46. The van der Waals surface area contributed by atoms with Gasteiger partial charge in [0.15, 0.2) is 0 Å². The Morgan fingerprint density at radius 2 is 2.23 bits per heavy atom. The van der Waals surface area contributed by atoms with E-state index in [4.69, 9.17) is 4.74 Å². The summed E-state index contributed by atoms with van der Waals surface area (Å²) in [6, 6.07) is -0.494. The van der Waals surface area contributed by atoms with Crippen LogP contribution in [-0.2, 0) is 24.1 Å². The van der Waals surface area contributed by atoms with Crippen molar-refractivity contribution in [3.8, 4) is 0 Å². The number of alkyl halides is 2. The third-order valence-electron chi connectivity index (χ3n) is 3.84. The Morgan fingerprint density at radius 1 is 1.36 bits per heavy atom. The molecule has 0 radical (unpaired) electrons. The van der Waals surface area contributed by atoms with E-state index < -0.39 is 25.1 Å². The molecule has 7 nitrogen and oxygen atoms in total. The summed E-state index contributed by atoms with van der Waals surface area (Å²) in [5.41, 5.74) is 0. The average molecular weight is 315 g/mol. The van der Waals surface area contributed by atoms with Gasteiger partial charge in [-0.15, -0.1) is 10.2 Å². The molecule has 1 saturated heterocycles. The summed E-state index contributed by atoms with van der Waals surface area (Å²) >= 11 is 0. The second kappa shape index (κ2) is 6.15. The van der Waals surface area contributed by atoms with Crippen LogP contribution in [0.2, 0.25) is 0 Å². The predicted octanol–water partition coefficient (Wildman–Crippen LogP) is 0.444. The Bertz CT molecular complexity index is 549. The summed E-state index contributed by atoms with van der Waals surface area (Å²) in [7, 11) is 0. The molecule has 2 aliphatic heterocycles. The van der Waals surface area contributed by atoms with E-state index >= 15 is 0 Å². The third-order valence-corrected chi connectivity index (χ3v) is 3.84. The topological polar surface area (TPSA) is 72.3 Å². The zero-order valence-electron chi connectivity index (χ0n) is 12.2. The number of carbonyl (C=O) groups excluding carboxylic acids is 1. The van der Waals surface area contributed by atoms with Gasteiger partial charge in [0.05, 0.1) is 13.2 Å². The maximum Gasteiger partial charge on any atom is 0.317 e. The maximum atomic E-state index is 13.4. The normalized spacial score (nSPS) is 20.5. The van der Waals surface area contributed by atoms with E-state index in [0.29, 0.717) is 13.0 Å². The first kappa shape index (κ1) is 15.1. The number of fused-ring (bicyclic) bond motifs is 1. The minimum absolute atomic E-state index is 0.126. The molecule has 1 N–H and O–H groups in total. The second-order valence-corrected chi connectivity index (χ2v) is 5.60. The number of aryl methyl sites for hydroxylation is 1. The van der Waals surface area contributed by atoms with Crippen LogP contribution in [0.15, 0.2) is 0 Å². The number of hydrogen-bond donors (Lipinski definition) is 1. The molecule has 1 fully saturated rings. The van der Waals surface area contributed by atoms with Gasteiger partial charge in [0, 0.05) is 32.5 Å². The molecule has 2 aliphatic rings. The molecule has 0 aromatic carbocycles. The van der Waals surface area contributed by atoms with Crippen molar-refractivity contribution in [2.24, 2.45) is 0 Å². The average Bonchev–Trinajstić information content (AvgIpc) is 3.01. The minimum Gasteiger partial charge on any atom is -0.373 e. The van der Waals surface area contributed by atoms with Crippen molar-refractivity contribution >= 4 is 6.03 Å². The molecular weight excluding hydrogens is 296 g/mol. The summed E-state index contributed by atoms with van der Waals surface area (Å²) < 4.78 is 33.7. The van der Waals surface area contributed by atoms with Gasteiger partial charge in [0.1, 0.15) is 18.3 Å². The van der Waals surface area contributed by atoms with E-state index in [-0.39, 0.29) is 13.2 Å². The molecule has 0 spiro atoms. The second-order valence-electron chi connectivity index (χ2n) is 5.60. The Kier molecular flexibility index (Phi) is 4.23. The highest BCUT2D eigenvalue weighted by molar-refractivity contribution is 5.74. The summed E-state index contributed by atoms with van der Waals surface area (Å²) in [6.45, 7) is 0.297. The molecule has 2 amide bonds. The quantitative estimate of drug-likeness (QED) is 0.879. The van der Waals surface area contributed by atoms with E-state index in [1.165, 1.54) is 0 Å². The monoisotopic (exact) mass is 315 g/mol. The van der Waals surface area contributed by atoms with Crippen molar-refractivity contribution in [1.29, 1.82) is 0 Å². The van der Waals surface area contributed by atoms with Crippen LogP contribution in [0, 0.1) is 0 Å². The predicted molar refractivity (Wildman–Crippen MR) is 72.8 cm³/mol. The zero-order chi connectivity index (χ0) is 15.6. The van der Waals surface area contributed by atoms with Crippen molar-refractivity contribution in [3.63, 3.8) is 0 Å². The van der Waals surface area contributed by atoms with E-state index in [1.54, 1.807) is 0 Å². The minimum atomic E-state index is -3.00. The van der Waals surface area contributed by atoms with E-state index in [9.17, 15) is 13.6 Å². The van der Waals surface area contributed by atoms with Crippen molar-refractivity contribution in [3.05, 3.63) is 11.6 Å². The van der Waals surface area contributed by atoms with Gasteiger partial charge < -0.3 is 19.5 Å².